The average Bonchev–Trinajstić information content (AvgIpc) is 3.07. The molecule has 0 unspecified atom stereocenters. The largest absolute Gasteiger partial charge is 0.367 e. The van der Waals surface area contributed by atoms with Crippen LogP contribution in [0.15, 0.2) is 29.2 Å². The standard InChI is InChI=1S/C17H23N5O3/c1-17(2,3)16-18-15(19-20-16)12-10-22(8-9-25-12)14(24)11-21-7-5-4-6-13(21)23/h4-7,12H,8-11H2,1-3H3,(H,18,19,20)/t12-/m1/s1. The molecule has 0 aromatic carbocycles. The van der Waals surface area contributed by atoms with Crippen LogP contribution >= 0.6 is 0 Å². The second kappa shape index (κ2) is 6.79. The Morgan fingerprint density at radius 1 is 1.40 bits per heavy atom. The Bertz CT molecular complexity index is 805. The molecule has 0 saturated carbocycles. The number of nitrogens with zero attached hydrogens (tertiary/aromatic N) is 4. The molecule has 134 valence electrons. The first kappa shape index (κ1) is 17.3. The van der Waals surface area contributed by atoms with Gasteiger partial charge in [0.15, 0.2) is 11.6 Å². The fraction of sp³-hybridized carbons (Fsp3) is 0.529. The van der Waals surface area contributed by atoms with Crippen LogP contribution in [0, 0.1) is 0 Å². The quantitative estimate of drug-likeness (QED) is 0.891. The molecule has 1 aliphatic rings. The lowest BCUT2D eigenvalue weighted by Crippen LogP contribution is -2.44. The van der Waals surface area contributed by atoms with E-state index >= 15 is 0 Å². The summed E-state index contributed by atoms with van der Waals surface area (Å²) in [5.41, 5.74) is -0.348. The van der Waals surface area contributed by atoms with E-state index < -0.39 is 0 Å². The number of ether oxygens (including phenoxy) is 1. The Labute approximate surface area is 145 Å². The molecular formula is C17H23N5O3. The molecule has 3 rings (SSSR count). The van der Waals surface area contributed by atoms with Crippen LogP contribution in [0.2, 0.25) is 0 Å². The highest BCUT2D eigenvalue weighted by atomic mass is 16.5. The molecule has 8 heteroatoms. The monoisotopic (exact) mass is 345 g/mol. The third-order valence-electron chi connectivity index (χ3n) is 4.10. The molecule has 25 heavy (non-hydrogen) atoms. The Kier molecular flexibility index (Phi) is 4.71. The van der Waals surface area contributed by atoms with Gasteiger partial charge in [-0.2, -0.15) is 5.10 Å². The highest BCUT2D eigenvalue weighted by Gasteiger charge is 2.29. The number of nitrogens with one attached hydrogen (secondary N) is 1. The molecule has 1 fully saturated rings. The molecule has 1 aliphatic heterocycles. The van der Waals surface area contributed by atoms with E-state index in [1.807, 2.05) is 20.8 Å². The number of rotatable bonds is 3. The minimum absolute atomic E-state index is 0.0238. The molecule has 8 nitrogen and oxygen atoms in total. The summed E-state index contributed by atoms with van der Waals surface area (Å²) in [6.07, 6.45) is 1.28. The third-order valence-corrected chi connectivity index (χ3v) is 4.10. The van der Waals surface area contributed by atoms with Crippen molar-refractivity contribution in [3.63, 3.8) is 0 Å². The number of hydrogen-bond donors (Lipinski definition) is 1. The maximum absolute atomic E-state index is 12.5. The van der Waals surface area contributed by atoms with Crippen LogP contribution in [0.4, 0.5) is 0 Å². The first-order valence-electron chi connectivity index (χ1n) is 8.32. The van der Waals surface area contributed by atoms with Gasteiger partial charge in [0.1, 0.15) is 12.6 Å². The number of carbonyl (C=O) groups excluding carboxylic acids is 1. The van der Waals surface area contributed by atoms with Crippen molar-refractivity contribution in [2.24, 2.45) is 0 Å². The van der Waals surface area contributed by atoms with Crippen molar-refractivity contribution in [1.29, 1.82) is 0 Å². The van der Waals surface area contributed by atoms with Gasteiger partial charge in [-0.15, -0.1) is 0 Å². The molecular weight excluding hydrogens is 322 g/mol. The van der Waals surface area contributed by atoms with Crippen molar-refractivity contribution >= 4 is 5.91 Å². The number of aromatic nitrogens is 4. The highest BCUT2D eigenvalue weighted by molar-refractivity contribution is 5.76. The minimum Gasteiger partial charge on any atom is -0.367 e. The van der Waals surface area contributed by atoms with Crippen LogP contribution in [0.3, 0.4) is 0 Å². The summed E-state index contributed by atoms with van der Waals surface area (Å²) in [4.78, 5) is 30.5. The topological polar surface area (TPSA) is 93.1 Å². The number of amides is 1. The van der Waals surface area contributed by atoms with Crippen LogP contribution in [-0.4, -0.2) is 50.3 Å². The zero-order valence-electron chi connectivity index (χ0n) is 14.7. The Morgan fingerprint density at radius 2 is 2.20 bits per heavy atom. The summed E-state index contributed by atoms with van der Waals surface area (Å²) >= 11 is 0. The molecule has 0 bridgehead atoms. The molecule has 1 atom stereocenters. The fourth-order valence-corrected chi connectivity index (χ4v) is 2.63. The molecule has 1 saturated heterocycles. The molecule has 0 aliphatic carbocycles. The maximum Gasteiger partial charge on any atom is 0.250 e. The lowest BCUT2D eigenvalue weighted by Gasteiger charge is -2.32. The van der Waals surface area contributed by atoms with Crippen LogP contribution in [0.1, 0.15) is 38.5 Å². The van der Waals surface area contributed by atoms with Crippen LogP contribution in [-0.2, 0) is 21.5 Å². The van der Waals surface area contributed by atoms with E-state index in [2.05, 4.69) is 15.2 Å². The molecule has 2 aromatic rings. The van der Waals surface area contributed by atoms with E-state index in [1.165, 1.54) is 10.6 Å². The number of pyridine rings is 1. The molecule has 3 heterocycles. The summed E-state index contributed by atoms with van der Waals surface area (Å²) in [6, 6.07) is 4.84. The van der Waals surface area contributed by atoms with Gasteiger partial charge < -0.3 is 14.2 Å². The zero-order chi connectivity index (χ0) is 18.0. The molecule has 0 radical (unpaired) electrons. The zero-order valence-corrected chi connectivity index (χ0v) is 14.7. The minimum atomic E-state index is -0.339. The van der Waals surface area contributed by atoms with E-state index in [-0.39, 0.29) is 29.5 Å². The van der Waals surface area contributed by atoms with Gasteiger partial charge >= 0.3 is 0 Å². The Morgan fingerprint density at radius 3 is 2.88 bits per heavy atom. The molecule has 2 aromatic heterocycles. The van der Waals surface area contributed by atoms with Gasteiger partial charge in [-0.05, 0) is 6.07 Å². The lowest BCUT2D eigenvalue weighted by atomic mass is 9.96. The summed E-state index contributed by atoms with van der Waals surface area (Å²) in [5.74, 6) is 1.22. The second-order valence-corrected chi connectivity index (χ2v) is 7.16. The molecule has 1 N–H and O–H groups in total. The Hall–Kier alpha value is -2.48. The van der Waals surface area contributed by atoms with Gasteiger partial charge in [0.2, 0.25) is 5.91 Å². The number of aromatic amines is 1. The second-order valence-electron chi connectivity index (χ2n) is 7.16. The fourth-order valence-electron chi connectivity index (χ4n) is 2.63. The van der Waals surface area contributed by atoms with Crippen molar-refractivity contribution in [3.8, 4) is 0 Å². The number of H-pyrrole nitrogens is 1. The van der Waals surface area contributed by atoms with Crippen molar-refractivity contribution in [2.75, 3.05) is 19.7 Å². The van der Waals surface area contributed by atoms with Crippen LogP contribution in [0.25, 0.3) is 0 Å². The maximum atomic E-state index is 12.5. The van der Waals surface area contributed by atoms with E-state index in [0.717, 1.165) is 0 Å². The lowest BCUT2D eigenvalue weighted by molar-refractivity contribution is -0.140. The molecule has 1 amide bonds. The summed E-state index contributed by atoms with van der Waals surface area (Å²) in [7, 11) is 0. The predicted octanol–water partition coefficient (Wildman–Crippen LogP) is 0.864. The van der Waals surface area contributed by atoms with Gasteiger partial charge in [-0.25, -0.2) is 4.98 Å². The van der Waals surface area contributed by atoms with Crippen molar-refractivity contribution < 1.29 is 9.53 Å². The normalized spacial score (nSPS) is 18.4. The summed E-state index contributed by atoms with van der Waals surface area (Å²) in [5, 5.41) is 7.17. The SMILES string of the molecule is CC(C)(C)c1n[nH]c([C@H]2CN(C(=O)Cn3ccccc3=O)CCO2)n1. The van der Waals surface area contributed by atoms with Crippen molar-refractivity contribution in [3.05, 3.63) is 46.4 Å². The van der Waals surface area contributed by atoms with E-state index in [0.29, 0.717) is 31.3 Å². The van der Waals surface area contributed by atoms with Gasteiger partial charge in [-0.3, -0.25) is 14.7 Å². The van der Waals surface area contributed by atoms with Crippen molar-refractivity contribution in [2.45, 2.75) is 38.8 Å². The predicted molar refractivity (Wildman–Crippen MR) is 91.1 cm³/mol. The molecule has 0 spiro atoms. The van der Waals surface area contributed by atoms with Gasteiger partial charge in [-0.1, -0.05) is 26.8 Å². The van der Waals surface area contributed by atoms with Crippen LogP contribution < -0.4 is 5.56 Å². The first-order valence-corrected chi connectivity index (χ1v) is 8.32. The van der Waals surface area contributed by atoms with Gasteiger partial charge in [0, 0.05) is 24.2 Å². The van der Waals surface area contributed by atoms with Gasteiger partial charge in [0.05, 0.1) is 13.2 Å². The first-order chi connectivity index (χ1) is 11.8. The number of carbonyl (C=O) groups is 1. The number of hydrogen-bond acceptors (Lipinski definition) is 5. The summed E-state index contributed by atoms with van der Waals surface area (Å²) < 4.78 is 7.15. The van der Waals surface area contributed by atoms with E-state index in [9.17, 15) is 9.59 Å². The number of morpholine rings is 1. The van der Waals surface area contributed by atoms with Crippen molar-refractivity contribution in [1.82, 2.24) is 24.6 Å². The summed E-state index contributed by atoms with van der Waals surface area (Å²) in [6.45, 7) is 7.44. The average molecular weight is 345 g/mol. The van der Waals surface area contributed by atoms with E-state index in [4.69, 9.17) is 4.74 Å². The van der Waals surface area contributed by atoms with Crippen LogP contribution in [0.5, 0.6) is 0 Å². The highest BCUT2D eigenvalue weighted by Crippen LogP contribution is 2.23. The Balaban J connectivity index is 1.68. The van der Waals surface area contributed by atoms with E-state index in [1.54, 1.807) is 23.2 Å². The third kappa shape index (κ3) is 3.96. The smallest absolute Gasteiger partial charge is 0.250 e. The van der Waals surface area contributed by atoms with Gasteiger partial charge in [0.25, 0.3) is 5.56 Å².